The third-order valence-corrected chi connectivity index (χ3v) is 5.24. The van der Waals surface area contributed by atoms with Crippen LogP contribution in [0.3, 0.4) is 0 Å². The fourth-order valence-corrected chi connectivity index (χ4v) is 3.44. The number of carbonyl (C=O) groups is 2. The maximum atomic E-state index is 13.3. The number of ether oxygens (including phenoxy) is 1. The van der Waals surface area contributed by atoms with E-state index in [0.717, 1.165) is 12.1 Å². The summed E-state index contributed by atoms with van der Waals surface area (Å²) in [6.45, 7) is 3.50. The number of hydrogen-bond acceptors (Lipinski definition) is 6. The van der Waals surface area contributed by atoms with Crippen molar-refractivity contribution in [2.24, 2.45) is 5.92 Å². The molecule has 1 heterocycles. The topological polar surface area (TPSA) is 105 Å². The van der Waals surface area contributed by atoms with Crippen LogP contribution in [0, 0.1) is 5.92 Å². The van der Waals surface area contributed by atoms with Crippen LogP contribution < -0.4 is 16.0 Å². The zero-order valence-corrected chi connectivity index (χ0v) is 19.8. The van der Waals surface area contributed by atoms with Crippen molar-refractivity contribution >= 4 is 46.0 Å². The number of fused-ring (bicyclic) bond motifs is 1. The standard InChI is InChI=1S/C23H23ClF3N5O3/c1-12(2)19(21(33)35-3)32-20-14-6-4-5-7-16(14)29-18(31-20)11-28-22(34)30-17-9-8-13(24)10-15(17)23(25,26)27/h4-10,12,19H,11H2,1-3H3,(H2,28,30,34)(H,29,31,32)/t19-/m0/s1. The SMILES string of the molecule is COC(=O)[C@@H](Nc1nc(CNC(=O)Nc2ccc(Cl)cc2C(F)(F)F)nc2ccccc12)C(C)C. The van der Waals surface area contributed by atoms with Gasteiger partial charge in [0.05, 0.1) is 30.4 Å². The fraction of sp³-hybridized carbons (Fsp3) is 0.304. The number of anilines is 2. The van der Waals surface area contributed by atoms with E-state index in [-0.39, 0.29) is 23.3 Å². The Morgan fingerprint density at radius 2 is 1.83 bits per heavy atom. The number of carbonyl (C=O) groups excluding carboxylic acids is 2. The number of para-hydroxylation sites is 1. The summed E-state index contributed by atoms with van der Waals surface area (Å²) in [6, 6.07) is 8.52. The predicted octanol–water partition coefficient (Wildman–Crippen LogP) is 5.23. The molecule has 1 atom stereocenters. The molecule has 3 N–H and O–H groups in total. The number of alkyl halides is 3. The number of halogens is 4. The number of benzene rings is 2. The van der Waals surface area contributed by atoms with Crippen LogP contribution in [-0.4, -0.2) is 35.1 Å². The van der Waals surface area contributed by atoms with Crippen LogP contribution in [-0.2, 0) is 22.3 Å². The third-order valence-electron chi connectivity index (χ3n) is 5.01. The maximum absolute atomic E-state index is 13.3. The summed E-state index contributed by atoms with van der Waals surface area (Å²) in [5.74, 6) is -0.0502. The number of nitrogens with zero attached hydrogens (tertiary/aromatic N) is 2. The molecule has 3 rings (SSSR count). The molecule has 0 aliphatic carbocycles. The summed E-state index contributed by atoms with van der Waals surface area (Å²) >= 11 is 5.67. The lowest BCUT2D eigenvalue weighted by Gasteiger charge is -2.21. The summed E-state index contributed by atoms with van der Waals surface area (Å²) in [5, 5.41) is 8.23. The van der Waals surface area contributed by atoms with Gasteiger partial charge in [0, 0.05) is 10.4 Å². The normalized spacial score (nSPS) is 12.3. The van der Waals surface area contributed by atoms with E-state index in [1.54, 1.807) is 24.3 Å². The molecule has 8 nitrogen and oxygen atoms in total. The highest BCUT2D eigenvalue weighted by molar-refractivity contribution is 6.30. The van der Waals surface area contributed by atoms with Crippen LogP contribution in [0.1, 0.15) is 25.2 Å². The largest absolute Gasteiger partial charge is 0.467 e. The molecule has 2 amide bonds. The van der Waals surface area contributed by atoms with Crippen molar-refractivity contribution in [3.63, 3.8) is 0 Å². The molecule has 0 bridgehead atoms. The molecule has 0 unspecified atom stereocenters. The Labute approximate surface area is 204 Å². The van der Waals surface area contributed by atoms with Crippen molar-refractivity contribution in [3.8, 4) is 0 Å². The van der Waals surface area contributed by atoms with Crippen LogP contribution in [0.2, 0.25) is 5.02 Å². The molecule has 0 fully saturated rings. The Morgan fingerprint density at radius 1 is 1.11 bits per heavy atom. The Bertz CT molecular complexity index is 1240. The zero-order chi connectivity index (χ0) is 25.8. The molecule has 0 saturated carbocycles. The summed E-state index contributed by atoms with van der Waals surface area (Å²) in [7, 11) is 1.29. The molecule has 35 heavy (non-hydrogen) atoms. The van der Waals surface area contributed by atoms with Crippen molar-refractivity contribution in [2.45, 2.75) is 32.6 Å². The molecular weight excluding hydrogens is 487 g/mol. The van der Waals surface area contributed by atoms with Crippen LogP contribution in [0.5, 0.6) is 0 Å². The molecule has 0 saturated heterocycles. The van der Waals surface area contributed by atoms with Gasteiger partial charge in [0.2, 0.25) is 0 Å². The molecule has 3 aromatic rings. The van der Waals surface area contributed by atoms with Gasteiger partial charge in [0.15, 0.2) is 5.82 Å². The zero-order valence-electron chi connectivity index (χ0n) is 19.0. The Balaban J connectivity index is 1.81. The second kappa shape index (κ2) is 10.8. The number of hydrogen-bond donors (Lipinski definition) is 3. The van der Waals surface area contributed by atoms with Gasteiger partial charge in [0.1, 0.15) is 11.9 Å². The monoisotopic (exact) mass is 509 g/mol. The lowest BCUT2D eigenvalue weighted by Crippen LogP contribution is -2.36. The third kappa shape index (κ3) is 6.50. The molecule has 0 aliphatic rings. The van der Waals surface area contributed by atoms with Crippen molar-refractivity contribution in [3.05, 3.63) is 58.9 Å². The lowest BCUT2D eigenvalue weighted by atomic mass is 10.0. The molecule has 0 radical (unpaired) electrons. The van der Waals surface area contributed by atoms with E-state index >= 15 is 0 Å². The van der Waals surface area contributed by atoms with Crippen LogP contribution in [0.4, 0.5) is 29.5 Å². The van der Waals surface area contributed by atoms with Gasteiger partial charge in [-0.25, -0.2) is 19.6 Å². The second-order valence-electron chi connectivity index (χ2n) is 7.89. The van der Waals surface area contributed by atoms with Crippen molar-refractivity contribution in [2.75, 3.05) is 17.7 Å². The average Bonchev–Trinajstić information content (AvgIpc) is 2.80. The summed E-state index contributed by atoms with van der Waals surface area (Å²) in [5.41, 5.74) is -0.971. The van der Waals surface area contributed by atoms with E-state index in [4.69, 9.17) is 16.3 Å². The van der Waals surface area contributed by atoms with Crippen molar-refractivity contribution in [1.29, 1.82) is 0 Å². The van der Waals surface area contributed by atoms with E-state index in [2.05, 4.69) is 25.9 Å². The van der Waals surface area contributed by atoms with Crippen molar-refractivity contribution in [1.82, 2.24) is 15.3 Å². The Morgan fingerprint density at radius 3 is 2.49 bits per heavy atom. The molecule has 12 heteroatoms. The molecule has 2 aromatic carbocycles. The first kappa shape index (κ1) is 26.0. The number of esters is 1. The average molecular weight is 510 g/mol. The van der Waals surface area contributed by atoms with Gasteiger partial charge in [-0.1, -0.05) is 37.6 Å². The van der Waals surface area contributed by atoms with E-state index in [0.29, 0.717) is 16.7 Å². The molecule has 186 valence electrons. The fourth-order valence-electron chi connectivity index (χ4n) is 3.27. The first-order valence-electron chi connectivity index (χ1n) is 10.5. The predicted molar refractivity (Wildman–Crippen MR) is 126 cm³/mol. The number of aromatic nitrogens is 2. The van der Waals surface area contributed by atoms with E-state index < -0.39 is 35.5 Å². The minimum Gasteiger partial charge on any atom is -0.467 e. The number of amides is 2. The van der Waals surface area contributed by atoms with Crippen LogP contribution in [0.25, 0.3) is 10.9 Å². The van der Waals surface area contributed by atoms with E-state index in [9.17, 15) is 22.8 Å². The minimum atomic E-state index is -4.71. The highest BCUT2D eigenvalue weighted by Gasteiger charge is 2.34. The quantitative estimate of drug-likeness (QED) is 0.376. The number of urea groups is 1. The number of rotatable bonds is 7. The van der Waals surface area contributed by atoms with Gasteiger partial charge >= 0.3 is 18.2 Å². The van der Waals surface area contributed by atoms with E-state index in [1.807, 2.05) is 13.8 Å². The summed E-state index contributed by atoms with van der Waals surface area (Å²) in [6.07, 6.45) is -4.71. The second-order valence-corrected chi connectivity index (χ2v) is 8.33. The van der Waals surface area contributed by atoms with E-state index in [1.165, 1.54) is 13.2 Å². The van der Waals surface area contributed by atoms with Crippen LogP contribution >= 0.6 is 11.6 Å². The maximum Gasteiger partial charge on any atom is 0.418 e. The van der Waals surface area contributed by atoms with Gasteiger partial charge in [-0.15, -0.1) is 0 Å². The molecule has 0 aliphatic heterocycles. The molecule has 1 aromatic heterocycles. The van der Waals surface area contributed by atoms with Gasteiger partial charge in [-0.05, 0) is 36.2 Å². The summed E-state index contributed by atoms with van der Waals surface area (Å²) in [4.78, 5) is 33.4. The molecule has 0 spiro atoms. The first-order chi connectivity index (χ1) is 16.5. The smallest absolute Gasteiger partial charge is 0.418 e. The van der Waals surface area contributed by atoms with Gasteiger partial charge < -0.3 is 20.7 Å². The molecular formula is C23H23ClF3N5O3. The van der Waals surface area contributed by atoms with Gasteiger partial charge in [0.25, 0.3) is 0 Å². The Kier molecular flexibility index (Phi) is 8.00. The highest BCUT2D eigenvalue weighted by atomic mass is 35.5. The number of nitrogens with one attached hydrogen (secondary N) is 3. The highest BCUT2D eigenvalue weighted by Crippen LogP contribution is 2.36. The van der Waals surface area contributed by atoms with Crippen molar-refractivity contribution < 1.29 is 27.5 Å². The van der Waals surface area contributed by atoms with Gasteiger partial charge in [-0.2, -0.15) is 13.2 Å². The number of methoxy groups -OCH3 is 1. The van der Waals surface area contributed by atoms with Crippen LogP contribution in [0.15, 0.2) is 42.5 Å². The summed E-state index contributed by atoms with van der Waals surface area (Å²) < 4.78 is 44.7. The lowest BCUT2D eigenvalue weighted by molar-refractivity contribution is -0.142. The minimum absolute atomic E-state index is 0.112. The van der Waals surface area contributed by atoms with Gasteiger partial charge in [-0.3, -0.25) is 0 Å². The first-order valence-corrected chi connectivity index (χ1v) is 10.9. The Hall–Kier alpha value is -3.60.